The molecular weight excluding hydrogens is 532 g/mol. The van der Waals surface area contributed by atoms with Crippen molar-refractivity contribution < 1.29 is 49.5 Å². The SMILES string of the molecule is CC(=O)O.CC(=O)O.CC(=O)O.CC(=O)O.CC(C)=CCC/C(C)=C/CC(C)(C/C=C(\C)CCC=C(C)C)C(=O)O. The Balaban J connectivity index is -0.000000219. The number of hydrogen-bond donors (Lipinski definition) is 5. The van der Waals surface area contributed by atoms with Gasteiger partial charge >= 0.3 is 5.97 Å². The molecule has 0 radical (unpaired) electrons. The predicted octanol–water partition coefficient (Wildman–Crippen LogP) is 7.61. The molecule has 0 fully saturated rings. The second-order valence-electron chi connectivity index (χ2n) is 10.1. The smallest absolute Gasteiger partial charge is 0.309 e. The highest BCUT2D eigenvalue weighted by molar-refractivity contribution is 5.74. The average Bonchev–Trinajstić information content (AvgIpc) is 2.74. The molecule has 10 heteroatoms. The number of carboxylic acids is 5. The van der Waals surface area contributed by atoms with Gasteiger partial charge in [-0.3, -0.25) is 24.0 Å². The van der Waals surface area contributed by atoms with Crippen LogP contribution in [0, 0.1) is 5.41 Å². The van der Waals surface area contributed by atoms with E-state index in [0.29, 0.717) is 12.8 Å². The van der Waals surface area contributed by atoms with Gasteiger partial charge in [0.2, 0.25) is 0 Å². The molecule has 0 aliphatic heterocycles. The third-order valence-electron chi connectivity index (χ3n) is 4.50. The fraction of sp³-hybridized carbons (Fsp3) is 0.581. The highest BCUT2D eigenvalue weighted by atomic mass is 16.4. The zero-order valence-corrected chi connectivity index (χ0v) is 26.8. The van der Waals surface area contributed by atoms with Crippen LogP contribution in [0.2, 0.25) is 0 Å². The molecule has 238 valence electrons. The minimum Gasteiger partial charge on any atom is -0.481 e. The first-order valence-corrected chi connectivity index (χ1v) is 13.1. The molecule has 5 N–H and O–H groups in total. The van der Waals surface area contributed by atoms with Crippen molar-refractivity contribution in [2.24, 2.45) is 5.41 Å². The molecule has 0 aromatic rings. The molecule has 0 aliphatic rings. The third-order valence-corrected chi connectivity index (χ3v) is 4.50. The van der Waals surface area contributed by atoms with Crippen molar-refractivity contribution in [3.8, 4) is 0 Å². The van der Waals surface area contributed by atoms with E-state index in [1.807, 2.05) is 6.92 Å². The fourth-order valence-corrected chi connectivity index (χ4v) is 2.44. The van der Waals surface area contributed by atoms with E-state index in [1.54, 1.807) is 0 Å². The zero-order chi connectivity index (χ0) is 33.8. The van der Waals surface area contributed by atoms with E-state index in [-0.39, 0.29) is 0 Å². The van der Waals surface area contributed by atoms with E-state index in [2.05, 4.69) is 65.8 Å². The minimum absolute atomic E-state index is 0.584. The van der Waals surface area contributed by atoms with E-state index < -0.39 is 35.3 Å². The second kappa shape index (κ2) is 29.3. The molecule has 0 amide bonds. The maximum absolute atomic E-state index is 11.8. The molecule has 0 spiro atoms. The van der Waals surface area contributed by atoms with Crippen LogP contribution in [0.4, 0.5) is 0 Å². The van der Waals surface area contributed by atoms with Gasteiger partial charge in [-0.1, -0.05) is 46.6 Å². The first kappa shape index (κ1) is 47.1. The van der Waals surface area contributed by atoms with E-state index in [1.165, 1.54) is 22.3 Å². The number of carbonyl (C=O) groups is 5. The highest BCUT2D eigenvalue weighted by Gasteiger charge is 2.30. The van der Waals surface area contributed by atoms with Gasteiger partial charge in [0.05, 0.1) is 5.41 Å². The summed E-state index contributed by atoms with van der Waals surface area (Å²) in [5, 5.41) is 39.3. The van der Waals surface area contributed by atoms with Crippen molar-refractivity contribution >= 4 is 29.8 Å². The lowest BCUT2D eigenvalue weighted by molar-refractivity contribution is -0.147. The van der Waals surface area contributed by atoms with Crippen LogP contribution in [0.1, 0.15) is 115 Å². The molecule has 0 aliphatic carbocycles. The van der Waals surface area contributed by atoms with Crippen molar-refractivity contribution in [2.45, 2.75) is 115 Å². The Labute approximate surface area is 246 Å². The Morgan fingerprint density at radius 1 is 0.488 bits per heavy atom. The van der Waals surface area contributed by atoms with Gasteiger partial charge in [0.15, 0.2) is 0 Å². The van der Waals surface area contributed by atoms with Crippen LogP contribution in [-0.2, 0) is 24.0 Å². The van der Waals surface area contributed by atoms with Crippen molar-refractivity contribution in [3.63, 3.8) is 0 Å². The first-order chi connectivity index (χ1) is 18.5. The number of carboxylic acid groups (broad SMARTS) is 5. The largest absolute Gasteiger partial charge is 0.481 e. The normalized spacial score (nSPS) is 11.4. The van der Waals surface area contributed by atoms with Gasteiger partial charge in [-0.2, -0.15) is 0 Å². The first-order valence-electron chi connectivity index (χ1n) is 13.1. The van der Waals surface area contributed by atoms with Crippen molar-refractivity contribution in [3.05, 3.63) is 46.6 Å². The lowest BCUT2D eigenvalue weighted by Gasteiger charge is -2.22. The zero-order valence-electron chi connectivity index (χ0n) is 26.8. The molecule has 10 nitrogen and oxygen atoms in total. The minimum atomic E-state index is -0.833. The molecule has 0 saturated carbocycles. The summed E-state index contributed by atoms with van der Waals surface area (Å²) >= 11 is 0. The maximum Gasteiger partial charge on any atom is 0.309 e. The average molecular weight is 587 g/mol. The quantitative estimate of drug-likeness (QED) is 0.151. The van der Waals surface area contributed by atoms with Crippen molar-refractivity contribution in [2.75, 3.05) is 0 Å². The molecule has 0 heterocycles. The van der Waals surface area contributed by atoms with Crippen LogP contribution in [0.15, 0.2) is 46.6 Å². The van der Waals surface area contributed by atoms with Gasteiger partial charge in [0, 0.05) is 27.7 Å². The monoisotopic (exact) mass is 586 g/mol. The van der Waals surface area contributed by atoms with Crippen molar-refractivity contribution in [1.29, 1.82) is 0 Å². The maximum atomic E-state index is 11.8. The molecule has 0 atom stereocenters. The highest BCUT2D eigenvalue weighted by Crippen LogP contribution is 2.30. The fourth-order valence-electron chi connectivity index (χ4n) is 2.44. The van der Waals surface area contributed by atoms with Crippen LogP contribution >= 0.6 is 0 Å². The standard InChI is InChI=1S/C23H38O2.4C2H4O2/c1-18(2)10-8-12-20(5)14-16-23(7,22(24)25)17-15-21(6)13-9-11-19(3)4;4*1-2(3)4/h10-11,14-15H,8-9,12-13,16-17H2,1-7H3,(H,24,25);4*1H3,(H,3,4)/b20-14+,21-15+;;;;. The molecule has 0 unspecified atom stereocenters. The molecule has 41 heavy (non-hydrogen) atoms. The number of hydrogen-bond acceptors (Lipinski definition) is 5. The molecule has 0 rings (SSSR count). The number of rotatable bonds is 11. The van der Waals surface area contributed by atoms with Gasteiger partial charge < -0.3 is 25.5 Å². The number of aliphatic carboxylic acids is 5. The second-order valence-corrected chi connectivity index (χ2v) is 10.1. The molecule has 0 saturated heterocycles. The summed E-state index contributed by atoms with van der Waals surface area (Å²) in [6.45, 7) is 18.8. The predicted molar refractivity (Wildman–Crippen MR) is 163 cm³/mol. The lowest BCUT2D eigenvalue weighted by Crippen LogP contribution is -2.26. The summed E-state index contributed by atoms with van der Waals surface area (Å²) in [6.07, 6.45) is 13.9. The van der Waals surface area contributed by atoms with Crippen LogP contribution in [0.5, 0.6) is 0 Å². The Hall–Kier alpha value is -3.69. The van der Waals surface area contributed by atoms with Gasteiger partial charge in [-0.05, 0) is 87.0 Å². The van der Waals surface area contributed by atoms with E-state index >= 15 is 0 Å². The van der Waals surface area contributed by atoms with Crippen molar-refractivity contribution in [1.82, 2.24) is 0 Å². The molecule has 0 aromatic carbocycles. The van der Waals surface area contributed by atoms with Gasteiger partial charge in [-0.15, -0.1) is 0 Å². The summed E-state index contributed by atoms with van der Waals surface area (Å²) in [5.74, 6) is -4.05. The number of allylic oxidation sites excluding steroid dienone is 8. The third kappa shape index (κ3) is 61.7. The lowest BCUT2D eigenvalue weighted by atomic mass is 9.82. The Morgan fingerprint density at radius 2 is 0.707 bits per heavy atom. The van der Waals surface area contributed by atoms with E-state index in [0.717, 1.165) is 53.4 Å². The Morgan fingerprint density at radius 3 is 0.878 bits per heavy atom. The Kier molecular flexibility index (Phi) is 33.7. The van der Waals surface area contributed by atoms with E-state index in [4.69, 9.17) is 39.6 Å². The summed E-state index contributed by atoms with van der Waals surface area (Å²) < 4.78 is 0. The summed E-state index contributed by atoms with van der Waals surface area (Å²) in [5.41, 5.74) is 4.48. The topological polar surface area (TPSA) is 186 Å². The molecular formula is C31H54O10. The van der Waals surface area contributed by atoms with Gasteiger partial charge in [0.25, 0.3) is 23.9 Å². The molecule has 0 bridgehead atoms. The van der Waals surface area contributed by atoms with E-state index in [9.17, 15) is 9.90 Å². The summed E-state index contributed by atoms with van der Waals surface area (Å²) in [6, 6.07) is 0. The summed E-state index contributed by atoms with van der Waals surface area (Å²) in [4.78, 5) is 47.8. The van der Waals surface area contributed by atoms with Crippen LogP contribution < -0.4 is 0 Å². The summed E-state index contributed by atoms with van der Waals surface area (Å²) in [7, 11) is 0. The Bertz CT molecular complexity index is 794. The van der Waals surface area contributed by atoms with Gasteiger partial charge in [0.1, 0.15) is 0 Å². The van der Waals surface area contributed by atoms with Crippen LogP contribution in [-0.4, -0.2) is 55.4 Å². The van der Waals surface area contributed by atoms with Crippen LogP contribution in [0.25, 0.3) is 0 Å². The molecule has 0 aromatic heterocycles. The van der Waals surface area contributed by atoms with Crippen LogP contribution in [0.3, 0.4) is 0 Å². The van der Waals surface area contributed by atoms with Gasteiger partial charge in [-0.25, -0.2) is 0 Å².